The molecule has 0 saturated carbocycles. The normalized spacial score (nSPS) is 10.7. The predicted octanol–water partition coefficient (Wildman–Crippen LogP) is 4.27. The molecule has 0 radical (unpaired) electrons. The number of nitrogens with one attached hydrogen (secondary N) is 1. The van der Waals surface area contributed by atoms with Gasteiger partial charge in [0.1, 0.15) is 11.5 Å². The highest BCUT2D eigenvalue weighted by Gasteiger charge is 2.20. The number of rotatable bonds is 5. The Hall–Kier alpha value is -2.87. The molecule has 3 aromatic rings. The highest BCUT2D eigenvalue weighted by atomic mass is 79.9. The lowest BCUT2D eigenvalue weighted by Gasteiger charge is -2.08. The third-order valence-electron chi connectivity index (χ3n) is 3.86. The summed E-state index contributed by atoms with van der Waals surface area (Å²) in [6.07, 6.45) is 1.66. The Labute approximate surface area is 164 Å². The molecule has 1 N–H and O–H groups in total. The maximum Gasteiger partial charge on any atom is 0.358 e. The fraction of sp³-hybridized carbons (Fsp3) is 0.211. The van der Waals surface area contributed by atoms with Gasteiger partial charge in [-0.2, -0.15) is 5.10 Å². The molecular formula is C19H18BrN3O4. The van der Waals surface area contributed by atoms with Gasteiger partial charge in [-0.25, -0.2) is 9.48 Å². The number of anilines is 1. The zero-order valence-electron chi connectivity index (χ0n) is 15.1. The molecule has 0 unspecified atom stereocenters. The molecule has 0 atom stereocenters. The van der Waals surface area contributed by atoms with Crippen molar-refractivity contribution in [2.24, 2.45) is 0 Å². The predicted molar refractivity (Wildman–Crippen MR) is 103 cm³/mol. The number of carbonyl (C=O) groups excluding carboxylic acids is 2. The summed E-state index contributed by atoms with van der Waals surface area (Å²) in [6, 6.07) is 8.72. The molecule has 27 heavy (non-hydrogen) atoms. The summed E-state index contributed by atoms with van der Waals surface area (Å²) >= 11 is 3.38. The van der Waals surface area contributed by atoms with Crippen LogP contribution in [0.2, 0.25) is 0 Å². The van der Waals surface area contributed by atoms with E-state index in [1.807, 2.05) is 6.07 Å². The van der Waals surface area contributed by atoms with Gasteiger partial charge in [-0.05, 0) is 61.0 Å². The molecule has 1 amide bonds. The van der Waals surface area contributed by atoms with E-state index < -0.39 is 5.97 Å². The smallest absolute Gasteiger partial charge is 0.358 e. The Morgan fingerprint density at radius 3 is 2.70 bits per heavy atom. The minimum absolute atomic E-state index is 0.222. The molecule has 0 aliphatic carbocycles. The number of carbonyl (C=O) groups is 2. The van der Waals surface area contributed by atoms with E-state index in [4.69, 9.17) is 9.15 Å². The number of ether oxygens (including phenoxy) is 1. The lowest BCUT2D eigenvalue weighted by molar-refractivity contribution is 0.0519. The number of esters is 1. The van der Waals surface area contributed by atoms with Gasteiger partial charge in [0.2, 0.25) is 0 Å². The van der Waals surface area contributed by atoms with E-state index in [1.165, 1.54) is 0 Å². The van der Waals surface area contributed by atoms with Crippen molar-refractivity contribution in [1.82, 2.24) is 9.78 Å². The fourth-order valence-corrected chi connectivity index (χ4v) is 3.16. The second-order valence-corrected chi connectivity index (χ2v) is 6.57. The number of benzene rings is 1. The molecule has 7 nitrogen and oxygen atoms in total. The van der Waals surface area contributed by atoms with E-state index in [9.17, 15) is 9.59 Å². The van der Waals surface area contributed by atoms with Crippen molar-refractivity contribution >= 4 is 33.5 Å². The molecule has 3 rings (SSSR count). The number of hydrogen-bond acceptors (Lipinski definition) is 5. The van der Waals surface area contributed by atoms with Crippen LogP contribution in [0.25, 0.3) is 5.69 Å². The molecule has 0 fully saturated rings. The van der Waals surface area contributed by atoms with Crippen molar-refractivity contribution in [2.75, 3.05) is 11.9 Å². The first-order valence-electron chi connectivity index (χ1n) is 8.30. The first kappa shape index (κ1) is 18.9. The lowest BCUT2D eigenvalue weighted by atomic mass is 10.2. The molecule has 2 aromatic heterocycles. The summed E-state index contributed by atoms with van der Waals surface area (Å²) in [5.41, 5.74) is 1.97. The summed E-state index contributed by atoms with van der Waals surface area (Å²) in [7, 11) is 0. The van der Waals surface area contributed by atoms with E-state index in [2.05, 4.69) is 26.3 Å². The zero-order chi connectivity index (χ0) is 19.6. The number of nitrogens with zero attached hydrogens (tertiary/aromatic N) is 2. The van der Waals surface area contributed by atoms with Crippen LogP contribution in [0, 0.1) is 13.8 Å². The fourth-order valence-electron chi connectivity index (χ4n) is 2.62. The van der Waals surface area contributed by atoms with Gasteiger partial charge in [-0.3, -0.25) is 4.79 Å². The lowest BCUT2D eigenvalue weighted by Crippen LogP contribution is -2.13. The SMILES string of the molecule is CCOC(=O)c1ccn(-c2cccc(NC(=O)c3c(C)oc(C)c3Br)c2)n1. The molecule has 0 aliphatic heterocycles. The van der Waals surface area contributed by atoms with Crippen LogP contribution in [0.1, 0.15) is 39.3 Å². The minimum atomic E-state index is -0.476. The van der Waals surface area contributed by atoms with Crippen molar-refractivity contribution in [3.05, 3.63) is 63.8 Å². The third-order valence-corrected chi connectivity index (χ3v) is 4.81. The van der Waals surface area contributed by atoms with E-state index in [1.54, 1.807) is 55.9 Å². The van der Waals surface area contributed by atoms with Crippen molar-refractivity contribution in [1.29, 1.82) is 0 Å². The van der Waals surface area contributed by atoms with Crippen LogP contribution in [0.4, 0.5) is 5.69 Å². The Morgan fingerprint density at radius 2 is 2.04 bits per heavy atom. The van der Waals surface area contributed by atoms with Crippen LogP contribution in [0.15, 0.2) is 45.4 Å². The molecule has 0 aliphatic rings. The molecular weight excluding hydrogens is 414 g/mol. The Kier molecular flexibility index (Phi) is 5.46. The van der Waals surface area contributed by atoms with E-state index >= 15 is 0 Å². The van der Waals surface area contributed by atoms with E-state index in [0.717, 1.165) is 0 Å². The first-order valence-corrected chi connectivity index (χ1v) is 9.10. The standard InChI is InChI=1S/C19H18BrN3O4/c1-4-26-19(25)15-8-9-23(22-15)14-7-5-6-13(10-14)21-18(24)16-11(2)27-12(3)17(16)20/h5-10H,4H2,1-3H3,(H,21,24). The van der Waals surface area contributed by atoms with Crippen molar-refractivity contribution < 1.29 is 18.7 Å². The third kappa shape index (κ3) is 3.95. The van der Waals surface area contributed by atoms with Crippen molar-refractivity contribution in [2.45, 2.75) is 20.8 Å². The summed E-state index contributed by atoms with van der Waals surface area (Å²) < 4.78 is 12.6. The quantitative estimate of drug-likeness (QED) is 0.609. The summed E-state index contributed by atoms with van der Waals surface area (Å²) in [5.74, 6) is 0.436. The van der Waals surface area contributed by atoms with Crippen LogP contribution in [-0.2, 0) is 4.74 Å². The van der Waals surface area contributed by atoms with Crippen LogP contribution in [-0.4, -0.2) is 28.3 Å². The first-order chi connectivity index (χ1) is 12.9. The van der Waals surface area contributed by atoms with Gasteiger partial charge in [0.15, 0.2) is 5.69 Å². The second kappa shape index (κ2) is 7.79. The molecule has 8 heteroatoms. The number of aryl methyl sites for hydroxylation is 2. The molecule has 2 heterocycles. The largest absolute Gasteiger partial charge is 0.465 e. The Balaban J connectivity index is 1.82. The molecule has 0 bridgehead atoms. The maximum absolute atomic E-state index is 12.6. The second-order valence-electron chi connectivity index (χ2n) is 5.77. The minimum Gasteiger partial charge on any atom is -0.465 e. The van der Waals surface area contributed by atoms with Gasteiger partial charge in [-0.15, -0.1) is 0 Å². The van der Waals surface area contributed by atoms with Gasteiger partial charge >= 0.3 is 5.97 Å². The number of hydrogen-bond donors (Lipinski definition) is 1. The molecule has 0 spiro atoms. The number of amides is 1. The molecule has 0 saturated heterocycles. The Morgan fingerprint density at radius 1 is 1.26 bits per heavy atom. The maximum atomic E-state index is 12.6. The average Bonchev–Trinajstić information content (AvgIpc) is 3.21. The highest BCUT2D eigenvalue weighted by molar-refractivity contribution is 9.10. The van der Waals surface area contributed by atoms with Crippen LogP contribution in [0.5, 0.6) is 0 Å². The van der Waals surface area contributed by atoms with Gasteiger partial charge in [0.05, 0.1) is 22.3 Å². The monoisotopic (exact) mass is 431 g/mol. The van der Waals surface area contributed by atoms with Gasteiger partial charge < -0.3 is 14.5 Å². The number of furan rings is 1. The Bertz CT molecular complexity index is 1010. The summed E-state index contributed by atoms with van der Waals surface area (Å²) in [5, 5.41) is 7.07. The number of aromatic nitrogens is 2. The van der Waals surface area contributed by atoms with E-state index in [-0.39, 0.29) is 18.2 Å². The van der Waals surface area contributed by atoms with Crippen LogP contribution >= 0.6 is 15.9 Å². The van der Waals surface area contributed by atoms with Crippen molar-refractivity contribution in [3.8, 4) is 5.69 Å². The van der Waals surface area contributed by atoms with Gasteiger partial charge in [0, 0.05) is 11.9 Å². The zero-order valence-corrected chi connectivity index (χ0v) is 16.7. The summed E-state index contributed by atoms with van der Waals surface area (Å²) in [4.78, 5) is 24.4. The topological polar surface area (TPSA) is 86.4 Å². The van der Waals surface area contributed by atoms with Gasteiger partial charge in [0.25, 0.3) is 5.91 Å². The molecule has 140 valence electrons. The van der Waals surface area contributed by atoms with Crippen LogP contribution in [0.3, 0.4) is 0 Å². The number of halogens is 1. The van der Waals surface area contributed by atoms with Crippen molar-refractivity contribution in [3.63, 3.8) is 0 Å². The average molecular weight is 432 g/mol. The van der Waals surface area contributed by atoms with E-state index in [0.29, 0.717) is 32.9 Å². The van der Waals surface area contributed by atoms with Gasteiger partial charge in [-0.1, -0.05) is 6.07 Å². The highest BCUT2D eigenvalue weighted by Crippen LogP contribution is 2.28. The van der Waals surface area contributed by atoms with Crippen LogP contribution < -0.4 is 5.32 Å². The summed E-state index contributed by atoms with van der Waals surface area (Å²) in [6.45, 7) is 5.55. The molecule has 1 aromatic carbocycles.